The Kier molecular flexibility index (Phi) is 20.4. The standard InChI is InChI=1S/C34H22N4S.C33H20N4S.C28H18N4S.C27H16N4S/c1-21-13-23(15-24(14-21)34-36-19-35-20-37-34)22-11-12-32-28(16-22)29-17-27-26-9-5-6-10-30(26)38(25-7-3-2-4-8-25)31(27)18-33(29)39-32;1-2-9-24(10-3-1)37-29-12-5-4-11-25(29)26-17-28-27-16-22(13-14-31(27)38-32(28)18-30(26)37)21-7-6-8-23(15-21)33-35-19-34-20-36-33;1-17-6-9-19(10-7-17)32-24-5-3-2-4-20(24)21-13-23-22-12-18(28-30-15-29-16-31-28)8-11-26(22)33-27(23)14-25(21)32;1-2-6-18(7-3-1)31-23-9-5-4-8-19(23)20-13-22-21-12-17(27-29-15-28-16-30-27)10-11-25(21)32-26(22)14-24(20)31/h2-20H,1H3;1-20H;2-16H,1H3;1-16H. The molecule has 0 atom stereocenters. The number of aryl methyl sites for hydroxylation is 2. The molecule has 12 heterocycles. The largest absolute Gasteiger partial charge is 0.309 e. The third kappa shape index (κ3) is 14.6. The zero-order valence-electron chi connectivity index (χ0n) is 76.2. The summed E-state index contributed by atoms with van der Waals surface area (Å²) in [4.78, 5) is 50.5. The zero-order chi connectivity index (χ0) is 94.0. The van der Waals surface area contributed by atoms with E-state index in [4.69, 9.17) is 0 Å². The predicted octanol–water partition coefficient (Wildman–Crippen LogP) is 32.0. The quantitative estimate of drug-likeness (QED) is 0.127. The molecule has 0 aliphatic rings. The van der Waals surface area contributed by atoms with Crippen molar-refractivity contribution < 1.29 is 0 Å². The van der Waals surface area contributed by atoms with Crippen LogP contribution in [-0.4, -0.2) is 78.1 Å². The van der Waals surface area contributed by atoms with E-state index in [-0.39, 0.29) is 0 Å². The maximum atomic E-state index is 4.36. The molecule has 0 fully saturated rings. The van der Waals surface area contributed by atoms with E-state index in [2.05, 4.69) is 462 Å². The van der Waals surface area contributed by atoms with Crippen molar-refractivity contribution in [3.05, 3.63) is 438 Å². The summed E-state index contributed by atoms with van der Waals surface area (Å²) in [6.45, 7) is 4.24. The highest BCUT2D eigenvalue weighted by Crippen LogP contribution is 2.49. The molecule has 668 valence electrons. The van der Waals surface area contributed by atoms with Crippen molar-refractivity contribution in [1.29, 1.82) is 0 Å². The average molecular weight is 1890 g/mol. The summed E-state index contributed by atoms with van der Waals surface area (Å²) in [6.07, 6.45) is 12.3. The fourth-order valence-corrected chi connectivity index (χ4v) is 25.0. The van der Waals surface area contributed by atoms with Crippen LogP contribution in [0.3, 0.4) is 0 Å². The van der Waals surface area contributed by atoms with Crippen LogP contribution in [0.5, 0.6) is 0 Å². The Balaban J connectivity index is 0.0000000950. The zero-order valence-corrected chi connectivity index (χ0v) is 79.5. The van der Waals surface area contributed by atoms with Crippen molar-refractivity contribution in [3.8, 4) is 90.6 Å². The summed E-state index contributed by atoms with van der Waals surface area (Å²) in [5.41, 5.74) is 25.7. The molecule has 30 rings (SSSR count). The molecule has 16 nitrogen and oxygen atoms in total. The van der Waals surface area contributed by atoms with E-state index in [1.54, 1.807) is 38.0 Å². The lowest BCUT2D eigenvalue weighted by Crippen LogP contribution is -1.93. The highest BCUT2D eigenvalue weighted by atomic mass is 32.1. The third-order valence-corrected chi connectivity index (χ3v) is 31.5. The van der Waals surface area contributed by atoms with Crippen LogP contribution in [0.15, 0.2) is 427 Å². The lowest BCUT2D eigenvalue weighted by atomic mass is 9.98. The van der Waals surface area contributed by atoms with Crippen LogP contribution >= 0.6 is 45.3 Å². The second-order valence-corrected chi connectivity index (χ2v) is 39.8. The lowest BCUT2D eigenvalue weighted by Gasteiger charge is -2.08. The first kappa shape index (κ1) is 83.5. The van der Waals surface area contributed by atoms with Crippen molar-refractivity contribution >= 4 is 213 Å². The molecule has 0 bridgehead atoms. The van der Waals surface area contributed by atoms with Crippen LogP contribution in [0.4, 0.5) is 0 Å². The van der Waals surface area contributed by atoms with Gasteiger partial charge in [0, 0.05) is 169 Å². The first-order valence-electron chi connectivity index (χ1n) is 46.7. The van der Waals surface area contributed by atoms with Crippen molar-refractivity contribution in [2.24, 2.45) is 0 Å². The number of aromatic nitrogens is 16. The Morgan fingerprint density at radius 2 is 0.408 bits per heavy atom. The van der Waals surface area contributed by atoms with Crippen molar-refractivity contribution in [2.45, 2.75) is 13.8 Å². The lowest BCUT2D eigenvalue weighted by molar-refractivity contribution is 1.06. The van der Waals surface area contributed by atoms with E-state index in [9.17, 15) is 0 Å². The van der Waals surface area contributed by atoms with Gasteiger partial charge in [0.25, 0.3) is 0 Å². The molecule has 0 amide bonds. The topological polar surface area (TPSA) is 174 Å². The van der Waals surface area contributed by atoms with Crippen molar-refractivity contribution in [1.82, 2.24) is 78.1 Å². The summed E-state index contributed by atoms with van der Waals surface area (Å²) >= 11 is 7.37. The molecule has 30 aromatic rings. The smallest absolute Gasteiger partial charge is 0.162 e. The molecule has 18 aromatic carbocycles. The van der Waals surface area contributed by atoms with Gasteiger partial charge < -0.3 is 18.3 Å². The van der Waals surface area contributed by atoms with E-state index in [1.165, 1.54) is 226 Å². The van der Waals surface area contributed by atoms with Crippen molar-refractivity contribution in [2.75, 3.05) is 0 Å². The maximum Gasteiger partial charge on any atom is 0.162 e. The van der Waals surface area contributed by atoms with E-state index in [1.807, 2.05) is 51.4 Å². The first-order valence-corrected chi connectivity index (χ1v) is 50.0. The van der Waals surface area contributed by atoms with Gasteiger partial charge in [0.1, 0.15) is 50.6 Å². The van der Waals surface area contributed by atoms with E-state index in [0.29, 0.717) is 23.3 Å². The summed E-state index contributed by atoms with van der Waals surface area (Å²) in [6, 6.07) is 136. The number of para-hydroxylation sites is 7. The number of hydrogen-bond donors (Lipinski definition) is 0. The minimum Gasteiger partial charge on any atom is -0.309 e. The first-order chi connectivity index (χ1) is 70.2. The van der Waals surface area contributed by atoms with Gasteiger partial charge in [0.05, 0.1) is 44.1 Å². The molecule has 0 unspecified atom stereocenters. The van der Waals surface area contributed by atoms with Gasteiger partial charge in [-0.3, -0.25) is 0 Å². The van der Waals surface area contributed by atoms with E-state index < -0.39 is 0 Å². The fraction of sp³-hybridized carbons (Fsp3) is 0.0164. The number of rotatable bonds is 10. The predicted molar refractivity (Wildman–Crippen MR) is 590 cm³/mol. The Hall–Kier alpha value is -17.9. The summed E-state index contributed by atoms with van der Waals surface area (Å²) in [5.74, 6) is 2.77. The van der Waals surface area contributed by atoms with Gasteiger partial charge >= 0.3 is 0 Å². The Labute approximate surface area is 827 Å². The molecular weight excluding hydrogens is 1820 g/mol. The SMILES string of the molecule is Cc1cc(-c2ccc3sc4cc5c(cc4c3c2)c2ccccc2n5-c2ccccc2)cc(-c2ncncn2)c1.Cc1ccc(-n2c3ccccc3c3cc4c(cc32)sc2ccc(-c3ncncn3)cc24)cc1.c1ccc(-n2c3ccccc3c3cc4c(cc32)sc2ccc(-c3cccc(-c5ncncn5)c3)cc24)cc1.c1ccc(-n2c3ccccc3c3cc4c(cc32)sc2ccc(-c3ncncn3)cc24)cc1. The molecular formula is C122H76N16S4. The molecule has 12 aromatic heterocycles. The second-order valence-electron chi connectivity index (χ2n) is 35.5. The van der Waals surface area contributed by atoms with Crippen LogP contribution in [0.1, 0.15) is 11.1 Å². The van der Waals surface area contributed by atoms with Gasteiger partial charge in [-0.15, -0.1) is 45.3 Å². The molecule has 0 aliphatic carbocycles. The van der Waals surface area contributed by atoms with E-state index in [0.717, 1.165) is 33.4 Å². The molecule has 0 spiro atoms. The van der Waals surface area contributed by atoms with Crippen LogP contribution in [-0.2, 0) is 0 Å². The molecule has 0 saturated carbocycles. The number of nitrogens with zero attached hydrogens (tertiary/aromatic N) is 16. The van der Waals surface area contributed by atoms with Gasteiger partial charge in [-0.25, -0.2) is 59.8 Å². The maximum absolute atomic E-state index is 4.36. The highest BCUT2D eigenvalue weighted by Gasteiger charge is 2.24. The van der Waals surface area contributed by atoms with Crippen LogP contribution < -0.4 is 0 Å². The molecule has 142 heavy (non-hydrogen) atoms. The molecule has 20 heteroatoms. The normalized spacial score (nSPS) is 11.7. The van der Waals surface area contributed by atoms with Gasteiger partial charge in [0.15, 0.2) is 23.3 Å². The fourth-order valence-electron chi connectivity index (χ4n) is 20.6. The van der Waals surface area contributed by atoms with Gasteiger partial charge in [-0.1, -0.05) is 181 Å². The number of fused-ring (bicyclic) bond motifs is 24. The minimum absolute atomic E-state index is 0.682. The van der Waals surface area contributed by atoms with Gasteiger partial charge in [-0.2, -0.15) is 0 Å². The van der Waals surface area contributed by atoms with Crippen molar-refractivity contribution in [3.63, 3.8) is 0 Å². The molecule has 0 saturated heterocycles. The van der Waals surface area contributed by atoms with Crippen LogP contribution in [0.25, 0.3) is 258 Å². The average Bonchev–Trinajstić information content (AvgIpc) is 1.58. The molecule has 0 N–H and O–H groups in total. The molecule has 0 aliphatic heterocycles. The number of benzene rings is 18. The number of hydrogen-bond acceptors (Lipinski definition) is 16. The molecule has 0 radical (unpaired) electrons. The van der Waals surface area contributed by atoms with Gasteiger partial charge in [0.2, 0.25) is 0 Å². The Morgan fingerprint density at radius 1 is 0.155 bits per heavy atom. The van der Waals surface area contributed by atoms with Gasteiger partial charge in [-0.05, 0) is 242 Å². The Morgan fingerprint density at radius 3 is 0.754 bits per heavy atom. The minimum atomic E-state index is 0.682. The third-order valence-electron chi connectivity index (χ3n) is 27.0. The van der Waals surface area contributed by atoms with Crippen LogP contribution in [0, 0.1) is 13.8 Å². The van der Waals surface area contributed by atoms with Crippen LogP contribution in [0.2, 0.25) is 0 Å². The Bertz CT molecular complexity index is 10200. The highest BCUT2D eigenvalue weighted by molar-refractivity contribution is 7.27. The summed E-state index contributed by atoms with van der Waals surface area (Å²) in [5, 5.41) is 20.3. The summed E-state index contributed by atoms with van der Waals surface area (Å²) in [7, 11) is 0. The van der Waals surface area contributed by atoms with E-state index >= 15 is 0 Å². The second kappa shape index (κ2) is 34.7. The number of thiophene rings is 4. The summed E-state index contributed by atoms with van der Waals surface area (Å²) < 4.78 is 19.8. The monoisotopic (exact) mass is 1890 g/mol.